The van der Waals surface area contributed by atoms with Crippen molar-refractivity contribution in [1.29, 1.82) is 0 Å². The molecule has 0 saturated heterocycles. The zero-order valence-electron chi connectivity index (χ0n) is 10.5. The van der Waals surface area contributed by atoms with Crippen molar-refractivity contribution < 1.29 is 9.90 Å². The van der Waals surface area contributed by atoms with Crippen LogP contribution in [0.4, 0.5) is 0 Å². The quantitative estimate of drug-likeness (QED) is 0.755. The molecular formula is C13H25NO2. The Labute approximate surface area is 98.4 Å². The van der Waals surface area contributed by atoms with Gasteiger partial charge in [0.25, 0.3) is 0 Å². The first-order chi connectivity index (χ1) is 7.45. The van der Waals surface area contributed by atoms with E-state index in [4.69, 9.17) is 10.8 Å². The SMILES string of the molecule is CC(C)(CC1CCC(CCO)CC1)C(N)=O. The van der Waals surface area contributed by atoms with Crippen LogP contribution in [0.5, 0.6) is 0 Å². The Morgan fingerprint density at radius 1 is 1.25 bits per heavy atom. The first-order valence-corrected chi connectivity index (χ1v) is 6.36. The van der Waals surface area contributed by atoms with Gasteiger partial charge in [0.05, 0.1) is 0 Å². The maximum absolute atomic E-state index is 11.3. The fourth-order valence-corrected chi connectivity index (χ4v) is 2.73. The maximum Gasteiger partial charge on any atom is 0.223 e. The van der Waals surface area contributed by atoms with Crippen LogP contribution >= 0.6 is 0 Å². The van der Waals surface area contributed by atoms with Crippen LogP contribution in [0, 0.1) is 17.3 Å². The second-order valence-electron chi connectivity index (χ2n) is 5.85. The van der Waals surface area contributed by atoms with Gasteiger partial charge in [0.1, 0.15) is 0 Å². The van der Waals surface area contributed by atoms with Gasteiger partial charge in [-0.15, -0.1) is 0 Å². The van der Waals surface area contributed by atoms with Crippen molar-refractivity contribution in [1.82, 2.24) is 0 Å². The number of aliphatic hydroxyl groups is 1. The van der Waals surface area contributed by atoms with Crippen LogP contribution in [0.25, 0.3) is 0 Å². The van der Waals surface area contributed by atoms with Crippen molar-refractivity contribution in [2.45, 2.75) is 52.4 Å². The van der Waals surface area contributed by atoms with Crippen molar-refractivity contribution in [2.75, 3.05) is 6.61 Å². The van der Waals surface area contributed by atoms with Gasteiger partial charge in [-0.05, 0) is 24.7 Å². The van der Waals surface area contributed by atoms with Gasteiger partial charge < -0.3 is 10.8 Å². The van der Waals surface area contributed by atoms with Crippen LogP contribution < -0.4 is 5.73 Å². The Bertz CT molecular complexity index is 230. The van der Waals surface area contributed by atoms with E-state index in [0.717, 1.165) is 12.8 Å². The molecule has 0 aromatic rings. The standard InChI is InChI=1S/C13H25NO2/c1-13(2,12(14)16)9-11-5-3-10(4-6-11)7-8-15/h10-11,15H,3-9H2,1-2H3,(H2,14,16). The van der Waals surface area contributed by atoms with Crippen molar-refractivity contribution in [3.8, 4) is 0 Å². The van der Waals surface area contributed by atoms with Crippen LogP contribution in [0.3, 0.4) is 0 Å². The molecule has 1 aliphatic rings. The average Bonchev–Trinajstić information content (AvgIpc) is 2.21. The smallest absolute Gasteiger partial charge is 0.223 e. The molecule has 1 rings (SSSR count). The van der Waals surface area contributed by atoms with Gasteiger partial charge in [0.2, 0.25) is 5.91 Å². The molecule has 0 unspecified atom stereocenters. The lowest BCUT2D eigenvalue weighted by Gasteiger charge is -2.32. The highest BCUT2D eigenvalue weighted by molar-refractivity contribution is 5.79. The van der Waals surface area contributed by atoms with E-state index in [-0.39, 0.29) is 11.3 Å². The predicted octanol–water partition coefficient (Wildman–Crippen LogP) is 2.08. The van der Waals surface area contributed by atoms with Crippen LogP contribution in [0.2, 0.25) is 0 Å². The third-order valence-corrected chi connectivity index (χ3v) is 3.97. The van der Waals surface area contributed by atoms with Gasteiger partial charge >= 0.3 is 0 Å². The summed E-state index contributed by atoms with van der Waals surface area (Å²) in [7, 11) is 0. The molecule has 0 heterocycles. The zero-order valence-corrected chi connectivity index (χ0v) is 10.5. The van der Waals surface area contributed by atoms with Crippen molar-refractivity contribution in [3.63, 3.8) is 0 Å². The summed E-state index contributed by atoms with van der Waals surface area (Å²) in [5.41, 5.74) is 5.02. The molecule has 0 aliphatic heterocycles. The molecule has 3 nitrogen and oxygen atoms in total. The molecule has 1 aliphatic carbocycles. The second kappa shape index (κ2) is 5.67. The molecular weight excluding hydrogens is 202 g/mol. The Balaban J connectivity index is 2.34. The number of nitrogens with two attached hydrogens (primary N) is 1. The lowest BCUT2D eigenvalue weighted by molar-refractivity contribution is -0.127. The molecule has 0 bridgehead atoms. The monoisotopic (exact) mass is 227 g/mol. The number of carbonyl (C=O) groups is 1. The topological polar surface area (TPSA) is 63.3 Å². The Hall–Kier alpha value is -0.570. The van der Waals surface area contributed by atoms with Crippen molar-refractivity contribution in [2.24, 2.45) is 23.0 Å². The first kappa shape index (κ1) is 13.5. The highest BCUT2D eigenvalue weighted by Gasteiger charge is 2.31. The van der Waals surface area contributed by atoms with E-state index in [1.54, 1.807) is 0 Å². The highest BCUT2D eigenvalue weighted by Crippen LogP contribution is 2.37. The summed E-state index contributed by atoms with van der Waals surface area (Å²) in [6.07, 6.45) is 6.60. The van der Waals surface area contributed by atoms with Gasteiger partial charge in [-0.25, -0.2) is 0 Å². The van der Waals surface area contributed by atoms with Crippen molar-refractivity contribution >= 4 is 5.91 Å². The molecule has 1 fully saturated rings. The molecule has 3 N–H and O–H groups in total. The number of primary amides is 1. The van der Waals surface area contributed by atoms with E-state index in [1.807, 2.05) is 13.8 Å². The van der Waals surface area contributed by atoms with Crippen LogP contribution in [0.15, 0.2) is 0 Å². The largest absolute Gasteiger partial charge is 0.396 e. The highest BCUT2D eigenvalue weighted by atomic mass is 16.3. The normalized spacial score (nSPS) is 26.7. The molecule has 0 spiro atoms. The van der Waals surface area contributed by atoms with Gasteiger partial charge in [0.15, 0.2) is 0 Å². The summed E-state index contributed by atoms with van der Waals surface area (Å²) in [5.74, 6) is 1.14. The molecule has 0 atom stereocenters. The molecule has 1 amide bonds. The summed E-state index contributed by atoms with van der Waals surface area (Å²) >= 11 is 0. The Morgan fingerprint density at radius 2 is 1.75 bits per heavy atom. The second-order valence-corrected chi connectivity index (χ2v) is 5.85. The lowest BCUT2D eigenvalue weighted by atomic mass is 9.73. The summed E-state index contributed by atoms with van der Waals surface area (Å²) in [5, 5.41) is 8.88. The van der Waals surface area contributed by atoms with Crippen LogP contribution in [-0.2, 0) is 4.79 Å². The van der Waals surface area contributed by atoms with Crippen LogP contribution in [0.1, 0.15) is 52.4 Å². The molecule has 0 radical (unpaired) electrons. The fourth-order valence-electron chi connectivity index (χ4n) is 2.73. The van der Waals surface area contributed by atoms with E-state index >= 15 is 0 Å². The van der Waals surface area contributed by atoms with Gasteiger partial charge in [-0.3, -0.25) is 4.79 Å². The maximum atomic E-state index is 11.3. The summed E-state index contributed by atoms with van der Waals surface area (Å²) < 4.78 is 0. The predicted molar refractivity (Wildman–Crippen MR) is 64.7 cm³/mol. The third-order valence-electron chi connectivity index (χ3n) is 3.97. The number of carbonyl (C=O) groups excluding carboxylic acids is 1. The van der Waals surface area contributed by atoms with E-state index < -0.39 is 0 Å². The lowest BCUT2D eigenvalue weighted by Crippen LogP contribution is -2.34. The number of rotatable bonds is 5. The summed E-state index contributed by atoms with van der Waals surface area (Å²) in [6, 6.07) is 0. The Kier molecular flexibility index (Phi) is 4.78. The van der Waals surface area contributed by atoms with Crippen LogP contribution in [-0.4, -0.2) is 17.6 Å². The van der Waals surface area contributed by atoms with E-state index in [2.05, 4.69) is 0 Å². The molecule has 16 heavy (non-hydrogen) atoms. The van der Waals surface area contributed by atoms with E-state index in [1.165, 1.54) is 25.7 Å². The summed E-state index contributed by atoms with van der Waals surface area (Å²) in [6.45, 7) is 4.19. The van der Waals surface area contributed by atoms with Gasteiger partial charge in [-0.2, -0.15) is 0 Å². The molecule has 1 saturated carbocycles. The first-order valence-electron chi connectivity index (χ1n) is 6.36. The van der Waals surface area contributed by atoms with E-state index in [0.29, 0.717) is 18.4 Å². The molecule has 94 valence electrons. The molecule has 0 aromatic carbocycles. The number of hydrogen-bond donors (Lipinski definition) is 2. The Morgan fingerprint density at radius 3 is 2.19 bits per heavy atom. The molecule has 3 heteroatoms. The number of hydrogen-bond acceptors (Lipinski definition) is 2. The minimum atomic E-state index is -0.367. The third kappa shape index (κ3) is 3.78. The van der Waals surface area contributed by atoms with Crippen molar-refractivity contribution in [3.05, 3.63) is 0 Å². The van der Waals surface area contributed by atoms with E-state index in [9.17, 15) is 4.79 Å². The van der Waals surface area contributed by atoms with Gasteiger partial charge in [0, 0.05) is 12.0 Å². The number of amides is 1. The minimum absolute atomic E-state index is 0.190. The average molecular weight is 227 g/mol. The van der Waals surface area contributed by atoms with Gasteiger partial charge in [-0.1, -0.05) is 39.5 Å². The number of aliphatic hydroxyl groups excluding tert-OH is 1. The minimum Gasteiger partial charge on any atom is -0.396 e. The summed E-state index contributed by atoms with van der Waals surface area (Å²) in [4.78, 5) is 11.3. The fraction of sp³-hybridized carbons (Fsp3) is 0.923. The molecule has 0 aromatic heterocycles. The zero-order chi connectivity index (χ0) is 12.2.